The van der Waals surface area contributed by atoms with E-state index in [0.29, 0.717) is 24.9 Å². The van der Waals surface area contributed by atoms with Crippen molar-refractivity contribution in [2.75, 3.05) is 13.1 Å². The Bertz CT molecular complexity index is 286. The molecule has 0 aromatic heterocycles. The van der Waals surface area contributed by atoms with Gasteiger partial charge in [0.25, 0.3) is 0 Å². The second-order valence-electron chi connectivity index (χ2n) is 6.26. The van der Waals surface area contributed by atoms with Crippen LogP contribution in [0.4, 0.5) is 0 Å². The second-order valence-corrected chi connectivity index (χ2v) is 6.26. The number of carbonyl (C=O) groups excluding carboxylic acids is 1. The largest absolute Gasteiger partial charge is 0.340 e. The topological polar surface area (TPSA) is 46.3 Å². The molecule has 0 heterocycles. The van der Waals surface area contributed by atoms with Crippen molar-refractivity contribution in [1.29, 1.82) is 0 Å². The molecule has 4 heteroatoms. The van der Waals surface area contributed by atoms with Crippen LogP contribution in [0.1, 0.15) is 64.7 Å². The fraction of sp³-hybridized carbons (Fsp3) is 0.933. The van der Waals surface area contributed by atoms with E-state index in [2.05, 4.69) is 11.8 Å². The zero-order chi connectivity index (χ0) is 13.0. The number of rotatable bonds is 6. The van der Waals surface area contributed by atoms with Crippen molar-refractivity contribution in [3.63, 3.8) is 0 Å². The van der Waals surface area contributed by atoms with Gasteiger partial charge in [-0.1, -0.05) is 26.2 Å². The van der Waals surface area contributed by atoms with E-state index in [4.69, 9.17) is 5.73 Å². The van der Waals surface area contributed by atoms with Crippen LogP contribution in [0.3, 0.4) is 0 Å². The third-order valence-corrected chi connectivity index (χ3v) is 4.65. The minimum Gasteiger partial charge on any atom is -0.340 e. The summed E-state index contributed by atoms with van der Waals surface area (Å²) in [5, 5.41) is 0. The molecular formula is C15H29ClN2O. The van der Waals surface area contributed by atoms with Gasteiger partial charge in [0.2, 0.25) is 5.91 Å². The van der Waals surface area contributed by atoms with E-state index in [1.54, 1.807) is 0 Å². The lowest BCUT2D eigenvalue weighted by molar-refractivity contribution is -0.134. The Morgan fingerprint density at radius 2 is 1.89 bits per heavy atom. The van der Waals surface area contributed by atoms with Crippen LogP contribution < -0.4 is 5.73 Å². The third kappa shape index (κ3) is 4.35. The molecule has 0 spiro atoms. The average molecular weight is 289 g/mol. The number of hydrogen-bond donors (Lipinski definition) is 1. The van der Waals surface area contributed by atoms with Crippen LogP contribution in [-0.2, 0) is 4.79 Å². The third-order valence-electron chi connectivity index (χ3n) is 4.65. The van der Waals surface area contributed by atoms with E-state index >= 15 is 0 Å². The highest BCUT2D eigenvalue weighted by molar-refractivity contribution is 5.85. The summed E-state index contributed by atoms with van der Waals surface area (Å²) in [6.45, 7) is 3.77. The minimum atomic E-state index is 0. The van der Waals surface area contributed by atoms with Gasteiger partial charge in [0.1, 0.15) is 0 Å². The van der Waals surface area contributed by atoms with Crippen LogP contribution in [0.5, 0.6) is 0 Å². The number of nitrogens with two attached hydrogens (primary N) is 1. The number of halogens is 1. The summed E-state index contributed by atoms with van der Waals surface area (Å²) < 4.78 is 0. The summed E-state index contributed by atoms with van der Waals surface area (Å²) in [6.07, 6.45) is 10.3. The van der Waals surface area contributed by atoms with Gasteiger partial charge in [-0.05, 0) is 44.1 Å². The lowest BCUT2D eigenvalue weighted by Crippen LogP contribution is -2.41. The van der Waals surface area contributed by atoms with E-state index in [-0.39, 0.29) is 17.8 Å². The monoisotopic (exact) mass is 288 g/mol. The fourth-order valence-corrected chi connectivity index (χ4v) is 3.32. The Morgan fingerprint density at radius 3 is 2.37 bits per heavy atom. The highest BCUT2D eigenvalue weighted by atomic mass is 35.5. The highest BCUT2D eigenvalue weighted by Gasteiger charge is 2.38. The molecule has 19 heavy (non-hydrogen) atoms. The zero-order valence-electron chi connectivity index (χ0n) is 12.2. The molecule has 2 fully saturated rings. The van der Waals surface area contributed by atoms with Gasteiger partial charge in [-0.15, -0.1) is 12.4 Å². The van der Waals surface area contributed by atoms with Crippen LogP contribution >= 0.6 is 12.4 Å². The molecule has 2 rings (SSSR count). The van der Waals surface area contributed by atoms with Crippen LogP contribution in [0.15, 0.2) is 0 Å². The van der Waals surface area contributed by atoms with Gasteiger partial charge < -0.3 is 10.6 Å². The maximum atomic E-state index is 12.5. The first-order chi connectivity index (χ1) is 8.71. The average Bonchev–Trinajstić information content (AvgIpc) is 3.21. The van der Waals surface area contributed by atoms with E-state index in [1.807, 2.05) is 0 Å². The van der Waals surface area contributed by atoms with Gasteiger partial charge >= 0.3 is 0 Å². The molecule has 2 saturated carbocycles. The van der Waals surface area contributed by atoms with Gasteiger partial charge in [-0.3, -0.25) is 4.79 Å². The van der Waals surface area contributed by atoms with Crippen LogP contribution in [0, 0.1) is 5.41 Å². The fourth-order valence-electron chi connectivity index (χ4n) is 3.32. The van der Waals surface area contributed by atoms with Gasteiger partial charge in [0.15, 0.2) is 0 Å². The lowest BCUT2D eigenvalue weighted by Gasteiger charge is -2.37. The molecule has 3 nitrogen and oxygen atoms in total. The molecule has 0 radical (unpaired) electrons. The molecule has 0 aromatic carbocycles. The van der Waals surface area contributed by atoms with Crippen LogP contribution in [-0.4, -0.2) is 29.9 Å². The van der Waals surface area contributed by atoms with Gasteiger partial charge in [0, 0.05) is 19.0 Å². The van der Waals surface area contributed by atoms with Gasteiger partial charge in [-0.2, -0.15) is 0 Å². The number of carbonyl (C=O) groups is 1. The Morgan fingerprint density at radius 1 is 1.26 bits per heavy atom. The summed E-state index contributed by atoms with van der Waals surface area (Å²) in [5.74, 6) is 0.367. The van der Waals surface area contributed by atoms with Crippen molar-refractivity contribution in [2.24, 2.45) is 11.1 Å². The quantitative estimate of drug-likeness (QED) is 0.816. The highest BCUT2D eigenvalue weighted by Crippen LogP contribution is 2.39. The summed E-state index contributed by atoms with van der Waals surface area (Å²) >= 11 is 0. The lowest BCUT2D eigenvalue weighted by atomic mass is 9.71. The summed E-state index contributed by atoms with van der Waals surface area (Å²) in [7, 11) is 0. The van der Waals surface area contributed by atoms with Crippen molar-refractivity contribution in [3.8, 4) is 0 Å². The molecule has 0 bridgehead atoms. The predicted molar refractivity (Wildman–Crippen MR) is 81.5 cm³/mol. The minimum absolute atomic E-state index is 0. The summed E-state index contributed by atoms with van der Waals surface area (Å²) in [6, 6.07) is 0.552. The van der Waals surface area contributed by atoms with Gasteiger partial charge in [0.05, 0.1) is 0 Å². The first-order valence-electron chi connectivity index (χ1n) is 7.70. The zero-order valence-corrected chi connectivity index (χ0v) is 13.0. The summed E-state index contributed by atoms with van der Waals surface area (Å²) in [4.78, 5) is 14.6. The first kappa shape index (κ1) is 16.8. The standard InChI is InChI=1S/C15H28N2O.ClH/c1-2-10-17(13-6-7-13)14(18)11-15(12-16)8-4-3-5-9-15;/h13H,2-12,16H2,1H3;1H. The smallest absolute Gasteiger partial charge is 0.223 e. The second kappa shape index (κ2) is 7.49. The first-order valence-corrected chi connectivity index (χ1v) is 7.70. The number of nitrogens with zero attached hydrogens (tertiary/aromatic N) is 1. The molecule has 2 aliphatic carbocycles. The number of hydrogen-bond acceptors (Lipinski definition) is 2. The van der Waals surface area contributed by atoms with Crippen molar-refractivity contribution in [2.45, 2.75) is 70.8 Å². The van der Waals surface area contributed by atoms with Crippen molar-refractivity contribution < 1.29 is 4.79 Å². The molecule has 0 saturated heterocycles. The van der Waals surface area contributed by atoms with Crippen molar-refractivity contribution in [3.05, 3.63) is 0 Å². The Labute approximate surface area is 123 Å². The van der Waals surface area contributed by atoms with Crippen molar-refractivity contribution in [1.82, 2.24) is 4.90 Å². The maximum Gasteiger partial charge on any atom is 0.223 e. The Balaban J connectivity index is 0.00000180. The molecule has 2 N–H and O–H groups in total. The van der Waals surface area contributed by atoms with E-state index in [9.17, 15) is 4.79 Å². The van der Waals surface area contributed by atoms with E-state index < -0.39 is 0 Å². The van der Waals surface area contributed by atoms with Crippen molar-refractivity contribution >= 4 is 18.3 Å². The normalized spacial score (nSPS) is 21.6. The van der Waals surface area contributed by atoms with Crippen LogP contribution in [0.25, 0.3) is 0 Å². The molecule has 1 amide bonds. The predicted octanol–water partition coefficient (Wildman–Crippen LogP) is 3.11. The maximum absolute atomic E-state index is 12.5. The van der Waals surface area contributed by atoms with E-state index in [0.717, 1.165) is 25.8 Å². The Hall–Kier alpha value is -0.280. The molecule has 0 unspecified atom stereocenters. The number of amides is 1. The molecule has 0 aliphatic heterocycles. The molecule has 112 valence electrons. The molecular weight excluding hydrogens is 260 g/mol. The molecule has 0 aromatic rings. The molecule has 0 atom stereocenters. The Kier molecular flexibility index (Phi) is 6.61. The summed E-state index contributed by atoms with van der Waals surface area (Å²) in [5.41, 5.74) is 6.10. The SMILES string of the molecule is CCCN(C(=O)CC1(CN)CCCCC1)C1CC1.Cl. The van der Waals surface area contributed by atoms with Crippen LogP contribution in [0.2, 0.25) is 0 Å². The van der Waals surface area contributed by atoms with E-state index in [1.165, 1.54) is 32.1 Å². The molecule has 2 aliphatic rings. The van der Waals surface area contributed by atoms with Gasteiger partial charge in [-0.25, -0.2) is 0 Å².